The minimum Gasteiger partial charge on any atom is -0.493 e. The molecule has 0 saturated carbocycles. The molecule has 1 aromatic carbocycles. The van der Waals surface area contributed by atoms with Crippen LogP contribution in [0.1, 0.15) is 21.6 Å². The molecule has 2 rings (SSSR count). The van der Waals surface area contributed by atoms with Gasteiger partial charge in [0.05, 0.1) is 12.2 Å². The second kappa shape index (κ2) is 5.56. The van der Waals surface area contributed by atoms with Crippen molar-refractivity contribution in [1.82, 2.24) is 9.78 Å². The molecule has 0 radical (unpaired) electrons. The van der Waals surface area contributed by atoms with Gasteiger partial charge in [-0.15, -0.1) is 0 Å². The lowest BCUT2D eigenvalue weighted by Gasteiger charge is -2.10. The first-order valence-electron chi connectivity index (χ1n) is 6.02. The highest BCUT2D eigenvalue weighted by Crippen LogP contribution is 2.21. The summed E-state index contributed by atoms with van der Waals surface area (Å²) in [5.74, 6) is -0.323. The van der Waals surface area contributed by atoms with Gasteiger partial charge in [-0.1, -0.05) is 6.07 Å². The fourth-order valence-electron chi connectivity index (χ4n) is 1.91. The van der Waals surface area contributed by atoms with Gasteiger partial charge in [0.15, 0.2) is 0 Å². The number of aromatic nitrogens is 2. The number of nitrogens with zero attached hydrogens (tertiary/aromatic N) is 2. The normalized spacial score (nSPS) is 10.4. The summed E-state index contributed by atoms with van der Waals surface area (Å²) in [5, 5.41) is 13.1. The summed E-state index contributed by atoms with van der Waals surface area (Å²) in [7, 11) is 1.88. The van der Waals surface area contributed by atoms with Crippen LogP contribution < -0.4 is 4.74 Å². The van der Waals surface area contributed by atoms with Crippen LogP contribution >= 0.6 is 0 Å². The summed E-state index contributed by atoms with van der Waals surface area (Å²) in [6.45, 7) is 2.24. The quantitative estimate of drug-likeness (QED) is 0.893. The van der Waals surface area contributed by atoms with Crippen molar-refractivity contribution in [2.75, 3.05) is 6.61 Å². The molecule has 5 nitrogen and oxygen atoms in total. The molecule has 0 spiro atoms. The number of ether oxygens (including phenoxy) is 1. The van der Waals surface area contributed by atoms with E-state index in [1.54, 1.807) is 36.0 Å². The Labute approximate surface area is 111 Å². The van der Waals surface area contributed by atoms with Crippen LogP contribution in [0.15, 0.2) is 30.5 Å². The summed E-state index contributed by atoms with van der Waals surface area (Å²) in [6.07, 6.45) is 2.47. The molecule has 1 heterocycles. The second-order valence-electron chi connectivity index (χ2n) is 4.28. The third-order valence-corrected chi connectivity index (χ3v) is 3.05. The molecule has 0 bridgehead atoms. The number of hydrogen-bond donors (Lipinski definition) is 1. The minimum absolute atomic E-state index is 0.276. The van der Waals surface area contributed by atoms with Crippen LogP contribution in [-0.2, 0) is 13.5 Å². The van der Waals surface area contributed by atoms with Gasteiger partial charge in [0.2, 0.25) is 0 Å². The Morgan fingerprint density at radius 1 is 1.42 bits per heavy atom. The van der Waals surface area contributed by atoms with Crippen LogP contribution in [-0.4, -0.2) is 27.5 Å². The number of carboxylic acids is 1. The molecule has 19 heavy (non-hydrogen) atoms. The fourth-order valence-corrected chi connectivity index (χ4v) is 1.91. The average Bonchev–Trinajstić information content (AvgIpc) is 2.77. The van der Waals surface area contributed by atoms with Crippen molar-refractivity contribution in [1.29, 1.82) is 0 Å². The van der Waals surface area contributed by atoms with Crippen molar-refractivity contribution in [3.8, 4) is 5.75 Å². The summed E-state index contributed by atoms with van der Waals surface area (Å²) in [4.78, 5) is 11.0. The van der Waals surface area contributed by atoms with Crippen molar-refractivity contribution in [3.63, 3.8) is 0 Å². The minimum atomic E-state index is -0.936. The number of hydrogen-bond acceptors (Lipinski definition) is 3. The number of benzene rings is 1. The predicted molar refractivity (Wildman–Crippen MR) is 70.5 cm³/mol. The molecule has 0 fully saturated rings. The summed E-state index contributed by atoms with van der Waals surface area (Å²) in [6, 6.07) is 6.98. The van der Waals surface area contributed by atoms with E-state index in [0.29, 0.717) is 17.9 Å². The third-order valence-electron chi connectivity index (χ3n) is 3.05. The van der Waals surface area contributed by atoms with Gasteiger partial charge in [0.1, 0.15) is 5.75 Å². The van der Waals surface area contributed by atoms with E-state index in [1.807, 2.05) is 13.1 Å². The topological polar surface area (TPSA) is 64.4 Å². The SMILES string of the molecule is Cc1c(OCCc2ccnn2C)cccc1C(=O)O. The average molecular weight is 260 g/mol. The molecule has 0 amide bonds. The highest BCUT2D eigenvalue weighted by atomic mass is 16.5. The van der Waals surface area contributed by atoms with Crippen LogP contribution in [0.5, 0.6) is 5.75 Å². The molecule has 0 aliphatic carbocycles. The molecule has 2 aromatic rings. The molecule has 0 unspecified atom stereocenters. The molecule has 0 aliphatic heterocycles. The van der Waals surface area contributed by atoms with Gasteiger partial charge in [0, 0.05) is 30.9 Å². The number of aryl methyl sites for hydroxylation is 1. The fraction of sp³-hybridized carbons (Fsp3) is 0.286. The van der Waals surface area contributed by atoms with Crippen LogP contribution in [0, 0.1) is 6.92 Å². The van der Waals surface area contributed by atoms with E-state index in [-0.39, 0.29) is 5.56 Å². The molecule has 1 aromatic heterocycles. The Kier molecular flexibility index (Phi) is 3.85. The van der Waals surface area contributed by atoms with Crippen LogP contribution in [0.4, 0.5) is 0 Å². The lowest BCUT2D eigenvalue weighted by Crippen LogP contribution is -2.08. The predicted octanol–water partition coefficient (Wildman–Crippen LogP) is 2.05. The lowest BCUT2D eigenvalue weighted by atomic mass is 10.1. The Balaban J connectivity index is 2.02. The first kappa shape index (κ1) is 13.1. The molecular weight excluding hydrogens is 244 g/mol. The highest BCUT2D eigenvalue weighted by molar-refractivity contribution is 5.90. The zero-order valence-corrected chi connectivity index (χ0v) is 11.0. The van der Waals surface area contributed by atoms with Crippen molar-refractivity contribution < 1.29 is 14.6 Å². The first-order valence-corrected chi connectivity index (χ1v) is 6.02. The van der Waals surface area contributed by atoms with E-state index in [9.17, 15) is 4.79 Å². The molecule has 0 aliphatic rings. The molecule has 1 N–H and O–H groups in total. The zero-order chi connectivity index (χ0) is 13.8. The van der Waals surface area contributed by atoms with Crippen molar-refractivity contribution in [2.45, 2.75) is 13.3 Å². The maximum absolute atomic E-state index is 11.0. The van der Waals surface area contributed by atoms with E-state index in [4.69, 9.17) is 9.84 Å². The standard InChI is InChI=1S/C14H16N2O3/c1-10-12(14(17)18)4-3-5-13(10)19-9-7-11-6-8-15-16(11)2/h3-6,8H,7,9H2,1-2H3,(H,17,18). The Hall–Kier alpha value is -2.30. The van der Waals surface area contributed by atoms with Gasteiger partial charge in [0.25, 0.3) is 0 Å². The maximum Gasteiger partial charge on any atom is 0.336 e. The van der Waals surface area contributed by atoms with E-state index < -0.39 is 5.97 Å². The summed E-state index contributed by atoms with van der Waals surface area (Å²) >= 11 is 0. The molecule has 5 heteroatoms. The molecular formula is C14H16N2O3. The van der Waals surface area contributed by atoms with Gasteiger partial charge in [-0.2, -0.15) is 5.10 Å². The van der Waals surface area contributed by atoms with E-state index in [2.05, 4.69) is 5.10 Å². The third kappa shape index (κ3) is 2.93. The first-order chi connectivity index (χ1) is 9.09. The Morgan fingerprint density at radius 2 is 2.21 bits per heavy atom. The summed E-state index contributed by atoms with van der Waals surface area (Å²) in [5.41, 5.74) is 2.00. The highest BCUT2D eigenvalue weighted by Gasteiger charge is 2.10. The smallest absolute Gasteiger partial charge is 0.336 e. The Bertz CT molecular complexity index is 590. The van der Waals surface area contributed by atoms with Crippen molar-refractivity contribution in [3.05, 3.63) is 47.3 Å². The van der Waals surface area contributed by atoms with Crippen molar-refractivity contribution in [2.24, 2.45) is 7.05 Å². The molecule has 100 valence electrons. The van der Waals surface area contributed by atoms with Gasteiger partial charge in [-0.25, -0.2) is 4.79 Å². The van der Waals surface area contributed by atoms with Gasteiger partial charge >= 0.3 is 5.97 Å². The zero-order valence-electron chi connectivity index (χ0n) is 11.0. The lowest BCUT2D eigenvalue weighted by molar-refractivity contribution is 0.0695. The second-order valence-corrected chi connectivity index (χ2v) is 4.28. The molecule has 0 saturated heterocycles. The number of carboxylic acid groups (broad SMARTS) is 1. The summed E-state index contributed by atoms with van der Waals surface area (Å²) < 4.78 is 7.45. The van der Waals surface area contributed by atoms with Gasteiger partial charge in [-0.05, 0) is 25.1 Å². The number of aromatic carboxylic acids is 1. The monoisotopic (exact) mass is 260 g/mol. The number of carbonyl (C=O) groups is 1. The van der Waals surface area contributed by atoms with Crippen LogP contribution in [0.2, 0.25) is 0 Å². The van der Waals surface area contributed by atoms with Crippen molar-refractivity contribution >= 4 is 5.97 Å². The van der Waals surface area contributed by atoms with Gasteiger partial charge < -0.3 is 9.84 Å². The van der Waals surface area contributed by atoms with Crippen LogP contribution in [0.3, 0.4) is 0 Å². The van der Waals surface area contributed by atoms with E-state index in [1.165, 1.54) is 0 Å². The Morgan fingerprint density at radius 3 is 2.84 bits per heavy atom. The molecule has 0 atom stereocenters. The van der Waals surface area contributed by atoms with Crippen LogP contribution in [0.25, 0.3) is 0 Å². The maximum atomic E-state index is 11.0. The van der Waals surface area contributed by atoms with E-state index in [0.717, 1.165) is 12.1 Å². The largest absolute Gasteiger partial charge is 0.493 e. The van der Waals surface area contributed by atoms with E-state index >= 15 is 0 Å². The number of rotatable bonds is 5. The van der Waals surface area contributed by atoms with Gasteiger partial charge in [-0.3, -0.25) is 4.68 Å².